The Balaban J connectivity index is 1.82. The van der Waals surface area contributed by atoms with E-state index in [0.29, 0.717) is 34.1 Å². The number of nitrogens with zero attached hydrogens (tertiary/aromatic N) is 2. The number of ether oxygens (including phenoxy) is 1. The molecule has 1 N–H and O–H groups in total. The van der Waals surface area contributed by atoms with Crippen LogP contribution in [0.2, 0.25) is 0 Å². The molecule has 0 radical (unpaired) electrons. The predicted molar refractivity (Wildman–Crippen MR) is 93.1 cm³/mol. The first kappa shape index (κ1) is 16.6. The maximum atomic E-state index is 13.0. The minimum Gasteiger partial charge on any atom is -0.497 e. The third-order valence-corrected chi connectivity index (χ3v) is 3.65. The van der Waals surface area contributed by atoms with Crippen molar-refractivity contribution in [3.63, 3.8) is 0 Å². The van der Waals surface area contributed by atoms with Crippen LogP contribution in [0.3, 0.4) is 0 Å². The highest BCUT2D eigenvalue weighted by atomic mass is 19.1. The van der Waals surface area contributed by atoms with Gasteiger partial charge >= 0.3 is 0 Å². The Kier molecular flexibility index (Phi) is 4.70. The van der Waals surface area contributed by atoms with E-state index in [1.807, 2.05) is 0 Å². The van der Waals surface area contributed by atoms with Crippen LogP contribution in [0.15, 0.2) is 54.7 Å². The monoisotopic (exact) mass is 337 g/mol. The summed E-state index contributed by atoms with van der Waals surface area (Å²) in [5.74, 6) is 0.457. The third-order valence-electron chi connectivity index (χ3n) is 3.65. The summed E-state index contributed by atoms with van der Waals surface area (Å²) in [5, 5.41) is 2.79. The van der Waals surface area contributed by atoms with Crippen LogP contribution in [0, 0.1) is 12.7 Å². The number of rotatable bonds is 4. The number of halogens is 1. The Labute approximate surface area is 144 Å². The smallest absolute Gasteiger partial charge is 0.259 e. The van der Waals surface area contributed by atoms with E-state index >= 15 is 0 Å². The average Bonchev–Trinajstić information content (AvgIpc) is 2.62. The highest BCUT2D eigenvalue weighted by Gasteiger charge is 2.13. The zero-order valence-electron chi connectivity index (χ0n) is 13.8. The van der Waals surface area contributed by atoms with Gasteiger partial charge in [0, 0.05) is 23.5 Å². The van der Waals surface area contributed by atoms with Crippen molar-refractivity contribution in [1.29, 1.82) is 0 Å². The van der Waals surface area contributed by atoms with Crippen molar-refractivity contribution in [2.24, 2.45) is 0 Å². The van der Waals surface area contributed by atoms with Crippen molar-refractivity contribution in [2.45, 2.75) is 6.92 Å². The van der Waals surface area contributed by atoms with Crippen molar-refractivity contribution in [3.05, 3.63) is 71.8 Å². The quantitative estimate of drug-likeness (QED) is 0.785. The van der Waals surface area contributed by atoms with E-state index in [1.165, 1.54) is 18.3 Å². The van der Waals surface area contributed by atoms with Gasteiger partial charge < -0.3 is 10.1 Å². The van der Waals surface area contributed by atoms with Crippen LogP contribution in [0.4, 0.5) is 10.1 Å². The molecule has 0 bridgehead atoms. The van der Waals surface area contributed by atoms with Gasteiger partial charge in [0.1, 0.15) is 11.6 Å². The summed E-state index contributed by atoms with van der Waals surface area (Å²) in [6.45, 7) is 1.73. The normalized spacial score (nSPS) is 10.4. The van der Waals surface area contributed by atoms with Crippen LogP contribution in [-0.4, -0.2) is 23.0 Å². The zero-order valence-corrected chi connectivity index (χ0v) is 13.8. The first-order valence-corrected chi connectivity index (χ1v) is 7.62. The van der Waals surface area contributed by atoms with E-state index in [1.54, 1.807) is 50.4 Å². The third kappa shape index (κ3) is 3.80. The van der Waals surface area contributed by atoms with Gasteiger partial charge in [-0.15, -0.1) is 0 Å². The molecule has 126 valence electrons. The molecule has 0 saturated carbocycles. The molecule has 3 aromatic rings. The molecule has 3 rings (SSSR count). The van der Waals surface area contributed by atoms with E-state index < -0.39 is 0 Å². The minimum absolute atomic E-state index is 0.309. The Hall–Kier alpha value is -3.28. The fourth-order valence-electron chi connectivity index (χ4n) is 2.33. The molecule has 0 fully saturated rings. The van der Waals surface area contributed by atoms with Crippen molar-refractivity contribution < 1.29 is 13.9 Å². The summed E-state index contributed by atoms with van der Waals surface area (Å²) < 4.78 is 18.1. The van der Waals surface area contributed by atoms with Crippen molar-refractivity contribution in [2.75, 3.05) is 12.4 Å². The lowest BCUT2D eigenvalue weighted by atomic mass is 10.1. The molecule has 1 heterocycles. The van der Waals surface area contributed by atoms with E-state index in [9.17, 15) is 9.18 Å². The van der Waals surface area contributed by atoms with Crippen molar-refractivity contribution >= 4 is 11.6 Å². The summed E-state index contributed by atoms with van der Waals surface area (Å²) in [6, 6.07) is 13.0. The van der Waals surface area contributed by atoms with Gasteiger partial charge in [0.15, 0.2) is 5.82 Å². The minimum atomic E-state index is -0.324. The van der Waals surface area contributed by atoms with Gasteiger partial charge in [0.05, 0.1) is 18.4 Å². The Morgan fingerprint density at radius 1 is 1.16 bits per heavy atom. The highest BCUT2D eigenvalue weighted by molar-refractivity contribution is 6.04. The topological polar surface area (TPSA) is 64.1 Å². The maximum Gasteiger partial charge on any atom is 0.259 e. The lowest BCUT2D eigenvalue weighted by Crippen LogP contribution is -2.15. The Morgan fingerprint density at radius 2 is 1.92 bits per heavy atom. The zero-order chi connectivity index (χ0) is 17.8. The van der Waals surface area contributed by atoms with Gasteiger partial charge in [-0.1, -0.05) is 6.07 Å². The standard InChI is InChI=1S/C19H16FN3O2/c1-12-17(19(24)23-15-4-3-5-16(10-15)25-2)11-21-18(22-12)13-6-8-14(20)9-7-13/h3-11H,1-2H3,(H,23,24). The van der Waals surface area contributed by atoms with E-state index in [0.717, 1.165) is 0 Å². The van der Waals surface area contributed by atoms with Gasteiger partial charge in [-0.2, -0.15) is 0 Å². The second-order valence-electron chi connectivity index (χ2n) is 5.39. The second kappa shape index (κ2) is 7.09. The number of nitrogens with one attached hydrogen (secondary N) is 1. The van der Waals surface area contributed by atoms with Gasteiger partial charge in [-0.25, -0.2) is 14.4 Å². The predicted octanol–water partition coefficient (Wildman–Crippen LogP) is 3.85. The van der Waals surface area contributed by atoms with E-state index in [2.05, 4.69) is 15.3 Å². The summed E-state index contributed by atoms with van der Waals surface area (Å²) in [4.78, 5) is 21.0. The maximum absolute atomic E-state index is 13.0. The summed E-state index contributed by atoms with van der Waals surface area (Å²) in [6.07, 6.45) is 1.47. The molecule has 0 aliphatic carbocycles. The van der Waals surface area contributed by atoms with Gasteiger partial charge in [-0.05, 0) is 43.3 Å². The molecule has 6 heteroatoms. The molecule has 2 aromatic carbocycles. The van der Waals surface area contributed by atoms with Gasteiger partial charge in [0.2, 0.25) is 0 Å². The van der Waals surface area contributed by atoms with Crippen LogP contribution in [-0.2, 0) is 0 Å². The SMILES string of the molecule is COc1cccc(NC(=O)c2cnc(-c3ccc(F)cc3)nc2C)c1. The molecule has 5 nitrogen and oxygen atoms in total. The van der Waals surface area contributed by atoms with Crippen LogP contribution in [0.25, 0.3) is 11.4 Å². The largest absolute Gasteiger partial charge is 0.497 e. The van der Waals surface area contributed by atoms with Crippen molar-refractivity contribution in [3.8, 4) is 17.1 Å². The first-order valence-electron chi connectivity index (χ1n) is 7.62. The molecule has 0 aliphatic rings. The van der Waals surface area contributed by atoms with Crippen LogP contribution < -0.4 is 10.1 Å². The molecule has 0 saturated heterocycles. The van der Waals surface area contributed by atoms with E-state index in [4.69, 9.17) is 4.74 Å². The molecule has 0 atom stereocenters. The van der Waals surface area contributed by atoms with E-state index in [-0.39, 0.29) is 11.7 Å². The lowest BCUT2D eigenvalue weighted by molar-refractivity contribution is 0.102. The number of amides is 1. The average molecular weight is 337 g/mol. The number of methoxy groups -OCH3 is 1. The number of aromatic nitrogens is 2. The molecular weight excluding hydrogens is 321 g/mol. The van der Waals surface area contributed by atoms with Crippen LogP contribution >= 0.6 is 0 Å². The number of hydrogen-bond donors (Lipinski definition) is 1. The number of carbonyl (C=O) groups excluding carboxylic acids is 1. The molecule has 0 aliphatic heterocycles. The number of carbonyl (C=O) groups is 1. The van der Waals surface area contributed by atoms with Gasteiger partial charge in [0.25, 0.3) is 5.91 Å². The fraction of sp³-hybridized carbons (Fsp3) is 0.105. The molecule has 0 unspecified atom stereocenters. The number of anilines is 1. The Morgan fingerprint density at radius 3 is 2.60 bits per heavy atom. The fourth-order valence-corrected chi connectivity index (χ4v) is 2.33. The molecule has 0 spiro atoms. The lowest BCUT2D eigenvalue weighted by Gasteiger charge is -2.09. The molecule has 1 aromatic heterocycles. The molecular formula is C19H16FN3O2. The van der Waals surface area contributed by atoms with Crippen molar-refractivity contribution in [1.82, 2.24) is 9.97 Å². The van der Waals surface area contributed by atoms with Crippen LogP contribution in [0.5, 0.6) is 5.75 Å². The highest BCUT2D eigenvalue weighted by Crippen LogP contribution is 2.20. The Bertz CT molecular complexity index is 911. The second-order valence-corrected chi connectivity index (χ2v) is 5.39. The molecule has 25 heavy (non-hydrogen) atoms. The first-order chi connectivity index (χ1) is 12.1. The summed E-state index contributed by atoms with van der Waals surface area (Å²) in [7, 11) is 1.56. The number of benzene rings is 2. The van der Waals surface area contributed by atoms with Crippen LogP contribution in [0.1, 0.15) is 16.1 Å². The molecule has 1 amide bonds. The summed E-state index contributed by atoms with van der Waals surface area (Å²) >= 11 is 0. The number of hydrogen-bond acceptors (Lipinski definition) is 4. The summed E-state index contributed by atoms with van der Waals surface area (Å²) in [5.41, 5.74) is 2.21. The number of aryl methyl sites for hydroxylation is 1. The van der Waals surface area contributed by atoms with Gasteiger partial charge in [-0.3, -0.25) is 4.79 Å².